The van der Waals surface area contributed by atoms with Crippen molar-refractivity contribution in [3.8, 4) is 0 Å². The van der Waals surface area contributed by atoms with E-state index in [1.54, 1.807) is 36.5 Å². The summed E-state index contributed by atoms with van der Waals surface area (Å²) in [5, 5.41) is 17.9. The van der Waals surface area contributed by atoms with Crippen LogP contribution in [0.5, 0.6) is 0 Å². The third-order valence-electron chi connectivity index (χ3n) is 4.11. The number of carbonyl (C=O) groups excluding carboxylic acids is 1. The summed E-state index contributed by atoms with van der Waals surface area (Å²) in [5.41, 5.74) is 0.199. The molecule has 0 aliphatic heterocycles. The van der Waals surface area contributed by atoms with E-state index in [0.717, 1.165) is 21.3 Å². The highest BCUT2D eigenvalue weighted by Gasteiger charge is 2.35. The SMILES string of the molecule is O=C(NCc1cc(C(F)(F)F)nn1OCc1cccs1)Nc1cccc2[nH]ncc12. The molecule has 156 valence electrons. The molecule has 0 fully saturated rings. The predicted molar refractivity (Wildman–Crippen MR) is 104 cm³/mol. The van der Waals surface area contributed by atoms with Crippen molar-refractivity contribution in [3.63, 3.8) is 0 Å². The van der Waals surface area contributed by atoms with E-state index in [2.05, 4.69) is 25.9 Å². The fourth-order valence-electron chi connectivity index (χ4n) is 2.71. The number of H-pyrrole nitrogens is 1. The second kappa shape index (κ2) is 8.06. The largest absolute Gasteiger partial charge is 0.435 e. The molecule has 0 unspecified atom stereocenters. The van der Waals surface area contributed by atoms with Crippen LogP contribution in [0, 0.1) is 0 Å². The molecule has 2 amide bonds. The average Bonchev–Trinajstić information content (AvgIpc) is 3.44. The Morgan fingerprint density at radius 2 is 2.13 bits per heavy atom. The van der Waals surface area contributed by atoms with Gasteiger partial charge in [-0.25, -0.2) is 4.79 Å². The van der Waals surface area contributed by atoms with E-state index in [1.165, 1.54) is 11.3 Å². The van der Waals surface area contributed by atoms with Crippen molar-refractivity contribution in [1.82, 2.24) is 25.5 Å². The molecule has 3 heterocycles. The normalized spacial score (nSPS) is 11.6. The second-order valence-electron chi connectivity index (χ2n) is 6.19. The number of rotatable bonds is 6. The van der Waals surface area contributed by atoms with Crippen LogP contribution in [0.1, 0.15) is 16.3 Å². The first-order valence-corrected chi connectivity index (χ1v) is 9.57. The molecule has 0 atom stereocenters. The number of nitrogens with one attached hydrogen (secondary N) is 3. The number of alkyl halides is 3. The van der Waals surface area contributed by atoms with Gasteiger partial charge in [0.25, 0.3) is 0 Å². The van der Waals surface area contributed by atoms with Crippen molar-refractivity contribution in [2.45, 2.75) is 19.3 Å². The van der Waals surface area contributed by atoms with E-state index in [0.29, 0.717) is 11.1 Å². The first kappa shape index (κ1) is 19.8. The molecule has 4 rings (SSSR count). The van der Waals surface area contributed by atoms with E-state index in [9.17, 15) is 18.0 Å². The van der Waals surface area contributed by atoms with Gasteiger partial charge in [-0.2, -0.15) is 18.3 Å². The van der Waals surface area contributed by atoms with Gasteiger partial charge < -0.3 is 15.5 Å². The van der Waals surface area contributed by atoms with E-state index in [-0.39, 0.29) is 18.8 Å². The van der Waals surface area contributed by atoms with Gasteiger partial charge in [0.15, 0.2) is 12.3 Å². The van der Waals surface area contributed by atoms with E-state index in [4.69, 9.17) is 4.84 Å². The number of aromatic amines is 1. The Bertz CT molecular complexity index is 1150. The molecule has 30 heavy (non-hydrogen) atoms. The Morgan fingerprint density at radius 3 is 2.90 bits per heavy atom. The molecule has 3 N–H and O–H groups in total. The van der Waals surface area contributed by atoms with Gasteiger partial charge in [-0.05, 0) is 29.6 Å². The molecular formula is C18H15F3N6O2S. The summed E-state index contributed by atoms with van der Waals surface area (Å²) in [4.78, 5) is 19.3. The van der Waals surface area contributed by atoms with Gasteiger partial charge in [-0.1, -0.05) is 12.1 Å². The average molecular weight is 436 g/mol. The van der Waals surface area contributed by atoms with Gasteiger partial charge in [-0.3, -0.25) is 5.10 Å². The molecule has 12 heteroatoms. The molecule has 1 aromatic carbocycles. The minimum Gasteiger partial charge on any atom is -0.391 e. The van der Waals surface area contributed by atoms with Crippen molar-refractivity contribution in [2.75, 3.05) is 5.32 Å². The van der Waals surface area contributed by atoms with Crippen LogP contribution in [-0.2, 0) is 19.3 Å². The Morgan fingerprint density at radius 1 is 1.27 bits per heavy atom. The zero-order chi connectivity index (χ0) is 21.1. The highest BCUT2D eigenvalue weighted by atomic mass is 32.1. The molecule has 0 radical (unpaired) electrons. The molecule has 0 bridgehead atoms. The lowest BCUT2D eigenvalue weighted by Crippen LogP contribution is -2.30. The highest BCUT2D eigenvalue weighted by molar-refractivity contribution is 7.09. The molecule has 4 aromatic rings. The smallest absolute Gasteiger partial charge is 0.391 e. The third kappa shape index (κ3) is 4.38. The van der Waals surface area contributed by atoms with Crippen molar-refractivity contribution in [1.29, 1.82) is 0 Å². The number of anilines is 1. The maximum atomic E-state index is 13.1. The van der Waals surface area contributed by atoms with Crippen LogP contribution in [-0.4, -0.2) is 26.2 Å². The van der Waals surface area contributed by atoms with E-state index in [1.807, 2.05) is 5.38 Å². The summed E-state index contributed by atoms with van der Waals surface area (Å²) in [6.45, 7) is -0.168. The fraction of sp³-hybridized carbons (Fsp3) is 0.167. The summed E-state index contributed by atoms with van der Waals surface area (Å²) in [6.07, 6.45) is -3.07. The van der Waals surface area contributed by atoms with Crippen LogP contribution in [0.3, 0.4) is 0 Å². The van der Waals surface area contributed by atoms with Crippen LogP contribution >= 0.6 is 11.3 Å². The monoisotopic (exact) mass is 436 g/mol. The molecule has 0 aliphatic carbocycles. The number of aromatic nitrogens is 4. The first-order chi connectivity index (χ1) is 14.4. The molecule has 0 spiro atoms. The van der Waals surface area contributed by atoms with Gasteiger partial charge >= 0.3 is 12.2 Å². The summed E-state index contributed by atoms with van der Waals surface area (Å²) in [6, 6.07) is 9.07. The number of fused-ring (bicyclic) bond motifs is 1. The summed E-state index contributed by atoms with van der Waals surface area (Å²) in [5.74, 6) is 0. The standard InChI is InChI=1S/C18H15F3N6O2S/c19-18(20,21)16-7-11(27(26-16)29-10-12-3-2-6-30-12)8-22-17(28)24-14-4-1-5-15-13(14)9-23-25-15/h1-7,9H,8,10H2,(H,23,25)(H2,22,24,28). The van der Waals surface area contributed by atoms with Crippen LogP contribution < -0.4 is 15.5 Å². The third-order valence-corrected chi connectivity index (χ3v) is 4.96. The lowest BCUT2D eigenvalue weighted by Gasteiger charge is -2.10. The number of amides is 2. The van der Waals surface area contributed by atoms with Crippen molar-refractivity contribution >= 4 is 34.0 Å². The van der Waals surface area contributed by atoms with Crippen molar-refractivity contribution in [2.24, 2.45) is 0 Å². The summed E-state index contributed by atoms with van der Waals surface area (Å²) >= 11 is 1.41. The van der Waals surface area contributed by atoms with Crippen molar-refractivity contribution < 1.29 is 22.8 Å². The maximum Gasteiger partial charge on any atom is 0.435 e. The molecule has 0 aliphatic rings. The fourth-order valence-corrected chi connectivity index (χ4v) is 3.32. The topological polar surface area (TPSA) is 96.9 Å². The lowest BCUT2D eigenvalue weighted by atomic mass is 10.2. The molecule has 0 saturated carbocycles. The first-order valence-electron chi connectivity index (χ1n) is 8.69. The summed E-state index contributed by atoms with van der Waals surface area (Å²) in [7, 11) is 0. The minimum absolute atomic E-state index is 0.0514. The maximum absolute atomic E-state index is 13.1. The zero-order valence-electron chi connectivity index (χ0n) is 15.2. The number of hydrogen-bond acceptors (Lipinski definition) is 5. The Kier molecular flexibility index (Phi) is 5.31. The zero-order valence-corrected chi connectivity index (χ0v) is 16.0. The van der Waals surface area contributed by atoms with Gasteiger partial charge in [0.2, 0.25) is 0 Å². The van der Waals surface area contributed by atoms with Crippen molar-refractivity contribution in [3.05, 3.63) is 64.2 Å². The van der Waals surface area contributed by atoms with E-state index < -0.39 is 17.9 Å². The molecule has 3 aromatic heterocycles. The Labute approximate surface area is 171 Å². The number of halogens is 3. The Hall–Kier alpha value is -3.54. The summed E-state index contributed by atoms with van der Waals surface area (Å²) < 4.78 is 39.2. The number of thiophene rings is 1. The number of carbonyl (C=O) groups is 1. The quantitative estimate of drug-likeness (QED) is 0.428. The number of benzene rings is 1. The van der Waals surface area contributed by atoms with Crippen LogP contribution in [0.4, 0.5) is 23.7 Å². The van der Waals surface area contributed by atoms with Gasteiger partial charge in [-0.15, -0.1) is 21.3 Å². The highest BCUT2D eigenvalue weighted by Crippen LogP contribution is 2.28. The van der Waals surface area contributed by atoms with Gasteiger partial charge in [0.1, 0.15) is 0 Å². The number of urea groups is 1. The van der Waals surface area contributed by atoms with Crippen LogP contribution in [0.2, 0.25) is 0 Å². The predicted octanol–water partition coefficient (Wildman–Crippen LogP) is 3.79. The number of nitrogens with zero attached hydrogens (tertiary/aromatic N) is 3. The van der Waals surface area contributed by atoms with E-state index >= 15 is 0 Å². The van der Waals surface area contributed by atoms with Gasteiger partial charge in [0.05, 0.1) is 29.6 Å². The second-order valence-corrected chi connectivity index (χ2v) is 7.22. The molecule has 0 saturated heterocycles. The molecular weight excluding hydrogens is 421 g/mol. The van der Waals surface area contributed by atoms with Crippen LogP contribution in [0.15, 0.2) is 48.0 Å². The molecule has 8 nitrogen and oxygen atoms in total. The Balaban J connectivity index is 1.45. The van der Waals surface area contributed by atoms with Gasteiger partial charge in [0, 0.05) is 10.3 Å². The minimum atomic E-state index is -4.63. The number of hydrogen-bond donors (Lipinski definition) is 3. The van der Waals surface area contributed by atoms with Crippen LogP contribution in [0.25, 0.3) is 10.9 Å². The lowest BCUT2D eigenvalue weighted by molar-refractivity contribution is -0.142.